The summed E-state index contributed by atoms with van der Waals surface area (Å²) in [5.41, 5.74) is -1.99. The zero-order valence-electron chi connectivity index (χ0n) is 34.0. The smallest absolute Gasteiger partial charge is 0.412 e. The maximum absolute atomic E-state index is 15.8. The molecular weight excluding hydrogens is 831 g/mol. The predicted octanol–water partition coefficient (Wildman–Crippen LogP) is 4.89. The average Bonchev–Trinajstić information content (AvgIpc) is 4.12. The van der Waals surface area contributed by atoms with Crippen molar-refractivity contribution in [3.63, 3.8) is 0 Å². The van der Waals surface area contributed by atoms with Gasteiger partial charge < -0.3 is 29.5 Å². The molecule has 4 heterocycles. The van der Waals surface area contributed by atoms with Crippen LogP contribution in [0.25, 0.3) is 10.8 Å². The van der Waals surface area contributed by atoms with Gasteiger partial charge in [0, 0.05) is 29.7 Å². The highest BCUT2D eigenvalue weighted by atomic mass is 32.2. The highest BCUT2D eigenvalue weighted by molar-refractivity contribution is 7.91. The van der Waals surface area contributed by atoms with Crippen molar-refractivity contribution in [2.45, 2.75) is 118 Å². The van der Waals surface area contributed by atoms with Crippen LogP contribution in [0.4, 0.5) is 22.4 Å². The Morgan fingerprint density at radius 2 is 1.85 bits per heavy atom. The zero-order valence-corrected chi connectivity index (χ0v) is 34.8. The molecule has 0 spiro atoms. The maximum Gasteiger partial charge on any atom is 0.412 e. The Hall–Kier alpha value is -4.72. The first-order valence-electron chi connectivity index (χ1n) is 20.6. The van der Waals surface area contributed by atoms with Crippen LogP contribution in [-0.2, 0) is 29.1 Å². The molecule has 2 saturated carbocycles. The zero-order chi connectivity index (χ0) is 44.1. The van der Waals surface area contributed by atoms with Gasteiger partial charge in [-0.05, 0) is 69.3 Å². The summed E-state index contributed by atoms with van der Waals surface area (Å²) in [6.45, 7) is 2.43. The van der Waals surface area contributed by atoms with Gasteiger partial charge >= 0.3 is 12.3 Å². The summed E-state index contributed by atoms with van der Waals surface area (Å²) in [6.07, 6.45) is -3.33. The molecule has 61 heavy (non-hydrogen) atoms. The number of benzene rings is 1. The molecule has 0 bridgehead atoms. The number of hydrogen-bond acceptors (Lipinski definition) is 10. The van der Waals surface area contributed by atoms with Gasteiger partial charge in [-0.2, -0.15) is 13.2 Å². The number of nitrogens with one attached hydrogen (secondary N) is 2. The molecule has 7 rings (SSSR count). The van der Waals surface area contributed by atoms with Crippen LogP contribution < -0.4 is 19.5 Å². The number of nitrogens with zero attached hydrogens (tertiary/aromatic N) is 3. The minimum Gasteiger partial charge on any atom is -0.494 e. The second-order valence-corrected chi connectivity index (χ2v) is 19.2. The van der Waals surface area contributed by atoms with Crippen LogP contribution in [0.2, 0.25) is 0 Å². The fourth-order valence-corrected chi connectivity index (χ4v) is 10.8. The van der Waals surface area contributed by atoms with E-state index in [1.54, 1.807) is 43.3 Å². The molecule has 2 saturated heterocycles. The molecule has 9 atom stereocenters. The number of aromatic nitrogens is 1. The highest BCUT2D eigenvalue weighted by Crippen LogP contribution is 2.49. The van der Waals surface area contributed by atoms with Gasteiger partial charge in [-0.15, -0.1) is 0 Å². The lowest BCUT2D eigenvalue weighted by atomic mass is 9.86. The average molecular weight is 882 g/mol. The van der Waals surface area contributed by atoms with E-state index in [2.05, 4.69) is 10.3 Å². The molecule has 0 radical (unpaired) electrons. The number of methoxy groups -OCH3 is 1. The number of alkyl halides is 4. The monoisotopic (exact) mass is 881 g/mol. The van der Waals surface area contributed by atoms with Crippen LogP contribution in [0.3, 0.4) is 0 Å². The third kappa shape index (κ3) is 8.45. The van der Waals surface area contributed by atoms with Crippen molar-refractivity contribution in [3.8, 4) is 11.6 Å². The summed E-state index contributed by atoms with van der Waals surface area (Å²) in [4.78, 5) is 62.7. The van der Waals surface area contributed by atoms with Crippen LogP contribution in [0.15, 0.2) is 42.6 Å². The SMILES string of the molecule is COc1cnc(O[C@@H]2C[C@H]3C(=O)N[C@]4(C(=O)NS(=O)(=O)C5(CF)CC5)C[C@H]4/C=C\CC[C@H](C)C[C@@H](C)[C@H](N(C(=O)O)C4CCCOC4)C(=O)N3C2C(F)(F)F)c2ccccc12. The minimum absolute atomic E-state index is 0.0371. The fourth-order valence-electron chi connectivity index (χ4n) is 9.36. The van der Waals surface area contributed by atoms with E-state index in [4.69, 9.17) is 14.2 Å². The Balaban J connectivity index is 1.35. The van der Waals surface area contributed by atoms with Crippen LogP contribution in [-0.4, -0.2) is 126 Å². The van der Waals surface area contributed by atoms with Gasteiger partial charge in [-0.3, -0.25) is 24.0 Å². The number of sulfonamides is 1. The van der Waals surface area contributed by atoms with Gasteiger partial charge in [-0.25, -0.2) is 22.6 Å². The van der Waals surface area contributed by atoms with E-state index in [0.717, 1.165) is 4.90 Å². The van der Waals surface area contributed by atoms with Crippen molar-refractivity contribution >= 4 is 44.6 Å². The number of carboxylic acid groups (broad SMARTS) is 1. The quantitative estimate of drug-likeness (QED) is 0.230. The first-order chi connectivity index (χ1) is 28.9. The third-order valence-electron chi connectivity index (χ3n) is 13.0. The van der Waals surface area contributed by atoms with Gasteiger partial charge in [0.15, 0.2) is 6.04 Å². The molecule has 334 valence electrons. The summed E-state index contributed by atoms with van der Waals surface area (Å²) in [6, 6.07) is -0.991. The van der Waals surface area contributed by atoms with Crippen molar-refractivity contribution < 1.29 is 64.5 Å². The van der Waals surface area contributed by atoms with E-state index in [0.29, 0.717) is 41.9 Å². The number of carbonyl (C=O) groups is 4. The topological polar surface area (TPSA) is 194 Å². The standard InChI is InChI=1S/C41H51F4N5O10S/c1-23-9-4-5-10-25-19-40(25,37(53)48-61(56,57)39(22-42)14-15-39)47-34(51)29-18-30(60-35-28-13-7-6-12-27(28)31(58-3)20-46-35)33(41(43,44)45)50(29)36(52)32(24(2)17-23)49(38(54)55)26-11-8-16-59-21-26/h5-7,10,12-13,20,23-26,29-30,32-33H,4,8-9,11,14-19,21-22H2,1-3H3,(H,47,51)(H,48,53)(H,54,55)/b10-5-/t23-,24+,25+,26?,29-,30+,32-,33?,40+/m0/s1. The van der Waals surface area contributed by atoms with Crippen molar-refractivity contribution in [1.82, 2.24) is 24.8 Å². The number of carbonyl (C=O) groups excluding carboxylic acids is 3. The first-order valence-corrected chi connectivity index (χ1v) is 22.0. The van der Waals surface area contributed by atoms with E-state index in [1.807, 2.05) is 11.6 Å². The minimum atomic E-state index is -5.28. The van der Waals surface area contributed by atoms with Gasteiger partial charge in [0.1, 0.15) is 40.9 Å². The number of hydrogen-bond donors (Lipinski definition) is 3. The van der Waals surface area contributed by atoms with Gasteiger partial charge in [0.05, 0.1) is 26.0 Å². The molecule has 4 fully saturated rings. The number of ether oxygens (including phenoxy) is 3. The first kappa shape index (κ1) is 44.3. The largest absolute Gasteiger partial charge is 0.494 e. The van der Waals surface area contributed by atoms with Crippen molar-refractivity contribution in [2.75, 3.05) is 27.0 Å². The lowest BCUT2D eigenvalue weighted by molar-refractivity contribution is -0.200. The number of amides is 4. The molecule has 2 unspecified atom stereocenters. The second kappa shape index (κ2) is 16.9. The summed E-state index contributed by atoms with van der Waals surface area (Å²) in [5.74, 6) is -5.52. The number of halogens is 4. The van der Waals surface area contributed by atoms with E-state index in [9.17, 15) is 32.3 Å². The van der Waals surface area contributed by atoms with Crippen molar-refractivity contribution in [1.29, 1.82) is 0 Å². The lowest BCUT2D eigenvalue weighted by Crippen LogP contribution is -2.64. The molecule has 1 aromatic carbocycles. The molecule has 3 aliphatic heterocycles. The Morgan fingerprint density at radius 1 is 1.13 bits per heavy atom. The third-order valence-corrected chi connectivity index (χ3v) is 15.1. The van der Waals surface area contributed by atoms with Crippen molar-refractivity contribution in [2.24, 2.45) is 17.8 Å². The van der Waals surface area contributed by atoms with Crippen LogP contribution >= 0.6 is 0 Å². The van der Waals surface area contributed by atoms with E-state index >= 15 is 18.0 Å². The van der Waals surface area contributed by atoms with E-state index in [-0.39, 0.29) is 55.9 Å². The molecule has 3 N–H and O–H groups in total. The Labute approximate surface area is 350 Å². The van der Waals surface area contributed by atoms with Crippen LogP contribution in [0, 0.1) is 17.8 Å². The van der Waals surface area contributed by atoms with Crippen LogP contribution in [0.5, 0.6) is 11.6 Å². The Bertz CT molecular complexity index is 2170. The summed E-state index contributed by atoms with van der Waals surface area (Å²) in [7, 11) is -3.19. The molecule has 5 aliphatic rings. The number of rotatable bonds is 9. The summed E-state index contributed by atoms with van der Waals surface area (Å²) >= 11 is 0. The lowest BCUT2D eigenvalue weighted by Gasteiger charge is -2.43. The second-order valence-electron chi connectivity index (χ2n) is 17.2. The number of allylic oxidation sites excluding steroid dienone is 1. The molecule has 1 aromatic heterocycles. The molecule has 4 amide bonds. The highest BCUT2D eigenvalue weighted by Gasteiger charge is 2.66. The van der Waals surface area contributed by atoms with E-state index < -0.39 is 106 Å². The summed E-state index contributed by atoms with van der Waals surface area (Å²) in [5, 5.41) is 14.0. The predicted molar refractivity (Wildman–Crippen MR) is 211 cm³/mol. The molecule has 2 aromatic rings. The van der Waals surface area contributed by atoms with Crippen LogP contribution in [0.1, 0.15) is 71.6 Å². The van der Waals surface area contributed by atoms with Gasteiger partial charge in [0.25, 0.3) is 5.91 Å². The van der Waals surface area contributed by atoms with Crippen molar-refractivity contribution in [3.05, 3.63) is 42.6 Å². The Kier molecular flexibility index (Phi) is 12.3. The molecule has 15 nitrogen and oxygen atoms in total. The normalized spacial score (nSPS) is 32.3. The van der Waals surface area contributed by atoms with E-state index in [1.165, 1.54) is 13.3 Å². The Morgan fingerprint density at radius 3 is 2.48 bits per heavy atom. The fraction of sp³-hybridized carbons (Fsp3) is 0.634. The number of pyridine rings is 1. The molecular formula is C41H51F4N5O10S. The number of fused-ring (bicyclic) bond motifs is 3. The molecule has 2 aliphatic carbocycles. The molecule has 20 heteroatoms. The summed E-state index contributed by atoms with van der Waals surface area (Å²) < 4.78 is 105. The van der Waals surface area contributed by atoms with Gasteiger partial charge in [-0.1, -0.05) is 44.2 Å². The maximum atomic E-state index is 15.8. The van der Waals surface area contributed by atoms with Gasteiger partial charge in [0.2, 0.25) is 27.7 Å².